The largest absolute Gasteiger partial charge is 0.336 e. The molecule has 0 unspecified atom stereocenters. The summed E-state index contributed by atoms with van der Waals surface area (Å²) >= 11 is 1.73. The van der Waals surface area contributed by atoms with Gasteiger partial charge < -0.3 is 10.2 Å². The summed E-state index contributed by atoms with van der Waals surface area (Å²) in [7, 11) is 3.50. The van der Waals surface area contributed by atoms with Crippen molar-refractivity contribution in [2.75, 3.05) is 27.2 Å². The van der Waals surface area contributed by atoms with Crippen molar-refractivity contribution < 1.29 is 4.79 Å². The summed E-state index contributed by atoms with van der Waals surface area (Å²) in [4.78, 5) is 15.7. The third kappa shape index (κ3) is 3.31. The first-order chi connectivity index (χ1) is 10.6. The van der Waals surface area contributed by atoms with Gasteiger partial charge in [0.05, 0.1) is 11.7 Å². The highest BCUT2D eigenvalue weighted by atomic mass is 32.1. The predicted octanol–water partition coefficient (Wildman–Crippen LogP) is 1.77. The van der Waals surface area contributed by atoms with Crippen LogP contribution in [0.1, 0.15) is 17.3 Å². The molecule has 0 radical (unpaired) electrons. The molecule has 22 heavy (non-hydrogen) atoms. The minimum absolute atomic E-state index is 0.0661. The van der Waals surface area contributed by atoms with E-state index in [-0.39, 0.29) is 12.1 Å². The molecule has 0 fully saturated rings. The predicted molar refractivity (Wildman–Crippen MR) is 86.8 cm³/mol. The molecule has 0 saturated heterocycles. The Morgan fingerprint density at radius 1 is 1.50 bits per heavy atom. The summed E-state index contributed by atoms with van der Waals surface area (Å²) in [6.45, 7) is 3.31. The van der Waals surface area contributed by atoms with E-state index < -0.39 is 0 Å². The highest BCUT2D eigenvalue weighted by Crippen LogP contribution is 2.22. The van der Waals surface area contributed by atoms with E-state index in [0.717, 1.165) is 19.6 Å². The summed E-state index contributed by atoms with van der Waals surface area (Å²) in [5, 5.41) is 11.7. The molecular weight excluding hydrogens is 298 g/mol. The smallest absolute Gasteiger partial charge is 0.316 e. The summed E-state index contributed by atoms with van der Waals surface area (Å²) in [5.41, 5.74) is 2.54. The fraction of sp³-hybridized carbons (Fsp3) is 0.467. The lowest BCUT2D eigenvalue weighted by molar-refractivity contribution is 0.162. The van der Waals surface area contributed by atoms with Gasteiger partial charge in [-0.15, -0.1) is 0 Å². The molecule has 3 heterocycles. The maximum Gasteiger partial charge on any atom is 0.316 e. The fourth-order valence-corrected chi connectivity index (χ4v) is 3.40. The van der Waals surface area contributed by atoms with E-state index in [9.17, 15) is 4.79 Å². The molecule has 2 aromatic rings. The van der Waals surface area contributed by atoms with Crippen LogP contribution in [-0.4, -0.2) is 52.8 Å². The third-order valence-corrected chi connectivity index (χ3v) is 4.57. The normalized spacial score (nSPS) is 18.0. The van der Waals surface area contributed by atoms with Crippen LogP contribution < -0.4 is 5.32 Å². The summed E-state index contributed by atoms with van der Waals surface area (Å²) in [6, 6.07) is 4.32. The molecular formula is C15H21N5OS. The second kappa shape index (κ2) is 6.50. The molecule has 0 saturated carbocycles. The zero-order valence-electron chi connectivity index (χ0n) is 12.9. The van der Waals surface area contributed by atoms with Gasteiger partial charge in [0.25, 0.3) is 0 Å². The average molecular weight is 319 g/mol. The first-order valence-corrected chi connectivity index (χ1v) is 8.28. The van der Waals surface area contributed by atoms with E-state index in [4.69, 9.17) is 0 Å². The van der Waals surface area contributed by atoms with Crippen molar-refractivity contribution >= 4 is 17.4 Å². The van der Waals surface area contributed by atoms with Crippen LogP contribution in [0, 0.1) is 0 Å². The van der Waals surface area contributed by atoms with Gasteiger partial charge >= 0.3 is 6.03 Å². The van der Waals surface area contributed by atoms with Gasteiger partial charge in [-0.25, -0.2) is 4.79 Å². The number of urea groups is 1. The molecule has 2 amide bonds. The number of carbonyl (C=O) groups is 1. The standard InChI is InChI=1S/C15H21N5OS/c1-18(2)15(21)16-7-14-10-19(8-12-4-6-22-11-12)9-13-3-5-17-20(13)14/h3-6,11,14H,7-10H2,1-2H3,(H,16,21)/t14-/m1/s1. The van der Waals surface area contributed by atoms with Crippen molar-refractivity contribution in [1.29, 1.82) is 0 Å². The van der Waals surface area contributed by atoms with Gasteiger partial charge in [0.2, 0.25) is 0 Å². The SMILES string of the molecule is CN(C)C(=O)NC[C@@H]1CN(Cc2ccsc2)Cc2ccnn21. The Kier molecular flexibility index (Phi) is 4.44. The van der Waals surface area contributed by atoms with Gasteiger partial charge in [0, 0.05) is 46.5 Å². The topological polar surface area (TPSA) is 53.4 Å². The Balaban J connectivity index is 1.68. The molecule has 0 bridgehead atoms. The Hall–Kier alpha value is -1.86. The van der Waals surface area contributed by atoms with Crippen LogP contribution in [0.4, 0.5) is 4.79 Å². The molecule has 118 valence electrons. The number of nitrogens with zero attached hydrogens (tertiary/aromatic N) is 4. The van der Waals surface area contributed by atoms with Crippen LogP contribution >= 0.6 is 11.3 Å². The molecule has 7 heteroatoms. The first kappa shape index (κ1) is 15.1. The van der Waals surface area contributed by atoms with Gasteiger partial charge in [-0.2, -0.15) is 16.4 Å². The number of aromatic nitrogens is 2. The summed E-state index contributed by atoms with van der Waals surface area (Å²) in [5.74, 6) is 0. The van der Waals surface area contributed by atoms with Gasteiger partial charge in [-0.05, 0) is 28.5 Å². The molecule has 1 aliphatic heterocycles. The second-order valence-corrected chi connectivity index (χ2v) is 6.58. The number of hydrogen-bond donors (Lipinski definition) is 1. The van der Waals surface area contributed by atoms with Crippen LogP contribution in [0.3, 0.4) is 0 Å². The Labute approximate surface area is 134 Å². The molecule has 1 N–H and O–H groups in total. The second-order valence-electron chi connectivity index (χ2n) is 5.80. The number of nitrogens with one attached hydrogen (secondary N) is 1. The quantitative estimate of drug-likeness (QED) is 0.934. The van der Waals surface area contributed by atoms with Gasteiger partial charge in [0.15, 0.2) is 0 Å². The lowest BCUT2D eigenvalue weighted by atomic mass is 10.1. The molecule has 2 aromatic heterocycles. The number of carbonyl (C=O) groups excluding carboxylic acids is 1. The maximum absolute atomic E-state index is 11.7. The molecule has 0 aliphatic carbocycles. The maximum atomic E-state index is 11.7. The lowest BCUT2D eigenvalue weighted by Gasteiger charge is -2.34. The Morgan fingerprint density at radius 3 is 3.09 bits per heavy atom. The highest BCUT2D eigenvalue weighted by molar-refractivity contribution is 7.07. The lowest BCUT2D eigenvalue weighted by Crippen LogP contribution is -2.44. The summed E-state index contributed by atoms with van der Waals surface area (Å²) in [6.07, 6.45) is 1.84. The van der Waals surface area contributed by atoms with E-state index >= 15 is 0 Å². The van der Waals surface area contributed by atoms with Gasteiger partial charge in [0.1, 0.15) is 0 Å². The van der Waals surface area contributed by atoms with E-state index in [1.165, 1.54) is 11.3 Å². The van der Waals surface area contributed by atoms with Crippen LogP contribution in [0.25, 0.3) is 0 Å². The van der Waals surface area contributed by atoms with Crippen molar-refractivity contribution in [2.45, 2.75) is 19.1 Å². The van der Waals surface area contributed by atoms with Crippen molar-refractivity contribution in [1.82, 2.24) is 24.9 Å². The number of thiophene rings is 1. The van der Waals surface area contributed by atoms with E-state index in [0.29, 0.717) is 6.54 Å². The molecule has 0 aromatic carbocycles. The zero-order valence-corrected chi connectivity index (χ0v) is 13.7. The van der Waals surface area contributed by atoms with E-state index in [2.05, 4.69) is 38.2 Å². The van der Waals surface area contributed by atoms with Crippen LogP contribution in [-0.2, 0) is 13.1 Å². The van der Waals surface area contributed by atoms with Crippen molar-refractivity contribution in [3.8, 4) is 0 Å². The number of amides is 2. The monoisotopic (exact) mass is 319 g/mol. The van der Waals surface area contributed by atoms with Crippen LogP contribution in [0.5, 0.6) is 0 Å². The van der Waals surface area contributed by atoms with E-state index in [1.54, 1.807) is 30.3 Å². The van der Waals surface area contributed by atoms with Crippen molar-refractivity contribution in [2.24, 2.45) is 0 Å². The zero-order chi connectivity index (χ0) is 15.5. The van der Waals surface area contributed by atoms with Crippen molar-refractivity contribution in [3.63, 3.8) is 0 Å². The summed E-state index contributed by atoms with van der Waals surface area (Å²) < 4.78 is 2.04. The molecule has 3 rings (SSSR count). The Morgan fingerprint density at radius 2 is 2.36 bits per heavy atom. The van der Waals surface area contributed by atoms with Crippen LogP contribution in [0.15, 0.2) is 29.1 Å². The number of hydrogen-bond acceptors (Lipinski definition) is 4. The minimum Gasteiger partial charge on any atom is -0.336 e. The molecule has 1 atom stereocenters. The minimum atomic E-state index is -0.0661. The fourth-order valence-electron chi connectivity index (χ4n) is 2.74. The average Bonchev–Trinajstić information content (AvgIpc) is 3.15. The van der Waals surface area contributed by atoms with Crippen LogP contribution in [0.2, 0.25) is 0 Å². The van der Waals surface area contributed by atoms with Gasteiger partial charge in [-0.1, -0.05) is 0 Å². The number of rotatable bonds is 4. The van der Waals surface area contributed by atoms with Gasteiger partial charge in [-0.3, -0.25) is 9.58 Å². The van der Waals surface area contributed by atoms with E-state index in [1.807, 2.05) is 10.9 Å². The highest BCUT2D eigenvalue weighted by Gasteiger charge is 2.26. The van der Waals surface area contributed by atoms with Crippen molar-refractivity contribution in [3.05, 3.63) is 40.3 Å². The first-order valence-electron chi connectivity index (χ1n) is 7.34. The number of fused-ring (bicyclic) bond motifs is 1. The molecule has 1 aliphatic rings. The Bertz CT molecular complexity index is 622. The third-order valence-electron chi connectivity index (χ3n) is 3.83. The molecule has 6 nitrogen and oxygen atoms in total. The molecule has 0 spiro atoms.